The molecule has 11 nitrogen and oxygen atoms in total. The number of rotatable bonds is 10. The first-order valence-electron chi connectivity index (χ1n) is 8.90. The summed E-state index contributed by atoms with van der Waals surface area (Å²) in [6.45, 7) is 6.07. The Hall–Kier alpha value is -3.80. The largest absolute Gasteiger partial charge is 0.476 e. The van der Waals surface area contributed by atoms with E-state index in [2.05, 4.69) is 16.9 Å². The van der Waals surface area contributed by atoms with Crippen LogP contribution in [-0.4, -0.2) is 47.6 Å². The zero-order valence-corrected chi connectivity index (χ0v) is 17.5. The second-order valence-electron chi connectivity index (χ2n) is 5.79. The van der Waals surface area contributed by atoms with Gasteiger partial charge in [-0.15, -0.1) is 11.3 Å². The minimum Gasteiger partial charge on any atom is -0.476 e. The number of nitrogens with zero attached hydrogens (tertiary/aromatic N) is 2. The number of carbonyl (C=O) groups excluding carboxylic acids is 3. The number of amides is 1. The second kappa shape index (κ2) is 10.8. The highest BCUT2D eigenvalue weighted by Crippen LogP contribution is 2.34. The number of carbonyl (C=O) groups is 3. The van der Waals surface area contributed by atoms with Crippen molar-refractivity contribution in [1.29, 1.82) is 0 Å². The zero-order valence-electron chi connectivity index (χ0n) is 16.7. The molecule has 0 atom stereocenters. The van der Waals surface area contributed by atoms with Crippen molar-refractivity contribution < 1.29 is 33.5 Å². The number of thiophene rings is 1. The number of pyridine rings is 1. The van der Waals surface area contributed by atoms with Crippen molar-refractivity contribution >= 4 is 40.0 Å². The quantitative estimate of drug-likeness (QED) is 0.250. The summed E-state index contributed by atoms with van der Waals surface area (Å²) in [5.74, 6) is -2.85. The van der Waals surface area contributed by atoms with E-state index in [0.717, 1.165) is 11.3 Å². The summed E-state index contributed by atoms with van der Waals surface area (Å²) < 4.78 is 15.2. The monoisotopic (exact) mass is 449 g/mol. The van der Waals surface area contributed by atoms with E-state index in [1.807, 2.05) is 0 Å². The molecule has 0 bridgehead atoms. The number of nitrogens with one attached hydrogen (secondary N) is 1. The molecule has 0 fully saturated rings. The summed E-state index contributed by atoms with van der Waals surface area (Å²) in [4.78, 5) is 50.9. The molecule has 1 N–H and O–H groups in total. The Bertz CT molecular complexity index is 1020. The standard InChI is InChI=1S/C19H19N3O8S/c1-4-9-29-19(25)15-11(3)14(18(24)28-5-2)17(31-15)21-13(23)10-30-12-7-6-8-20-16(12)22(26)27/h4,6-8H,1,5,9-10H2,2-3H3,(H,21,23). The third kappa shape index (κ3) is 5.85. The number of hydrogen-bond donors (Lipinski definition) is 1. The summed E-state index contributed by atoms with van der Waals surface area (Å²) in [6.07, 6.45) is 2.61. The molecule has 0 unspecified atom stereocenters. The Morgan fingerprint density at radius 3 is 2.71 bits per heavy atom. The van der Waals surface area contributed by atoms with Gasteiger partial charge in [-0.25, -0.2) is 9.59 Å². The Balaban J connectivity index is 2.23. The molecule has 2 rings (SSSR count). The minimum absolute atomic E-state index is 0.0121. The maximum atomic E-state index is 12.4. The number of nitro groups is 1. The van der Waals surface area contributed by atoms with Gasteiger partial charge in [0.2, 0.25) is 5.75 Å². The number of ether oxygens (including phenoxy) is 3. The molecule has 164 valence electrons. The van der Waals surface area contributed by atoms with Gasteiger partial charge in [0.15, 0.2) is 6.61 Å². The van der Waals surface area contributed by atoms with E-state index in [1.165, 1.54) is 31.3 Å². The van der Waals surface area contributed by atoms with Gasteiger partial charge in [0.1, 0.15) is 22.7 Å². The summed E-state index contributed by atoms with van der Waals surface area (Å²) in [6, 6.07) is 2.72. The fourth-order valence-electron chi connectivity index (χ4n) is 2.38. The molecule has 0 radical (unpaired) electrons. The van der Waals surface area contributed by atoms with Crippen LogP contribution in [0.3, 0.4) is 0 Å². The molecule has 0 aliphatic heterocycles. The van der Waals surface area contributed by atoms with Crippen LogP contribution in [0.15, 0.2) is 31.0 Å². The van der Waals surface area contributed by atoms with Crippen LogP contribution in [-0.2, 0) is 14.3 Å². The van der Waals surface area contributed by atoms with Crippen molar-refractivity contribution in [3.05, 3.63) is 57.1 Å². The van der Waals surface area contributed by atoms with Gasteiger partial charge in [-0.2, -0.15) is 0 Å². The van der Waals surface area contributed by atoms with E-state index >= 15 is 0 Å². The summed E-state index contributed by atoms with van der Waals surface area (Å²) in [5, 5.41) is 13.5. The highest BCUT2D eigenvalue weighted by atomic mass is 32.1. The topological polar surface area (TPSA) is 147 Å². The van der Waals surface area contributed by atoms with Crippen LogP contribution in [0.25, 0.3) is 0 Å². The number of esters is 2. The average Bonchev–Trinajstić information content (AvgIpc) is 3.06. The van der Waals surface area contributed by atoms with Gasteiger partial charge in [0, 0.05) is 0 Å². The Labute approximate surface area is 180 Å². The first-order chi connectivity index (χ1) is 14.8. The van der Waals surface area contributed by atoms with Crippen LogP contribution in [0.2, 0.25) is 0 Å². The highest BCUT2D eigenvalue weighted by Gasteiger charge is 2.27. The predicted octanol–water partition coefficient (Wildman–Crippen LogP) is 2.90. The maximum Gasteiger partial charge on any atom is 0.406 e. The van der Waals surface area contributed by atoms with Crippen molar-refractivity contribution in [3.63, 3.8) is 0 Å². The van der Waals surface area contributed by atoms with Crippen LogP contribution < -0.4 is 10.1 Å². The van der Waals surface area contributed by atoms with E-state index in [0.29, 0.717) is 0 Å². The van der Waals surface area contributed by atoms with Crippen molar-refractivity contribution in [3.8, 4) is 5.75 Å². The van der Waals surface area contributed by atoms with Gasteiger partial charge >= 0.3 is 17.8 Å². The van der Waals surface area contributed by atoms with E-state index in [-0.39, 0.29) is 40.0 Å². The first-order valence-corrected chi connectivity index (χ1v) is 9.72. The molecule has 0 saturated carbocycles. The van der Waals surface area contributed by atoms with Gasteiger partial charge in [-0.1, -0.05) is 12.7 Å². The van der Waals surface area contributed by atoms with Crippen molar-refractivity contribution in [1.82, 2.24) is 4.98 Å². The van der Waals surface area contributed by atoms with Crippen LogP contribution in [0.4, 0.5) is 10.8 Å². The molecule has 31 heavy (non-hydrogen) atoms. The van der Waals surface area contributed by atoms with E-state index < -0.39 is 35.2 Å². The number of anilines is 1. The van der Waals surface area contributed by atoms with Gasteiger partial charge in [0.05, 0.1) is 12.2 Å². The summed E-state index contributed by atoms with van der Waals surface area (Å²) >= 11 is 0.839. The Morgan fingerprint density at radius 2 is 2.06 bits per heavy atom. The molecule has 0 saturated heterocycles. The second-order valence-corrected chi connectivity index (χ2v) is 6.81. The molecule has 12 heteroatoms. The van der Waals surface area contributed by atoms with Gasteiger partial charge in [0.25, 0.3) is 5.91 Å². The van der Waals surface area contributed by atoms with Crippen LogP contribution in [0.5, 0.6) is 5.75 Å². The summed E-state index contributed by atoms with van der Waals surface area (Å²) in [7, 11) is 0. The van der Waals surface area contributed by atoms with Crippen LogP contribution in [0.1, 0.15) is 32.5 Å². The number of aromatic nitrogens is 1. The normalized spacial score (nSPS) is 10.1. The predicted molar refractivity (Wildman–Crippen MR) is 111 cm³/mol. The first kappa shape index (κ1) is 23.5. The molecule has 2 aromatic rings. The van der Waals surface area contributed by atoms with Gasteiger partial charge < -0.3 is 29.6 Å². The lowest BCUT2D eigenvalue weighted by Gasteiger charge is -2.08. The molecule has 1 amide bonds. The third-order valence-corrected chi connectivity index (χ3v) is 4.87. The fraction of sp³-hybridized carbons (Fsp3) is 0.263. The Morgan fingerprint density at radius 1 is 1.32 bits per heavy atom. The van der Waals surface area contributed by atoms with Crippen molar-refractivity contribution in [2.75, 3.05) is 25.1 Å². The SMILES string of the molecule is C=CCOC(=O)c1sc(NC(=O)COc2cccnc2[N+](=O)[O-])c(C(=O)OCC)c1C. The smallest absolute Gasteiger partial charge is 0.406 e. The number of hydrogen-bond acceptors (Lipinski definition) is 10. The Kier molecular flexibility index (Phi) is 8.20. The molecule has 0 aliphatic carbocycles. The molecule has 2 aromatic heterocycles. The maximum absolute atomic E-state index is 12.4. The van der Waals surface area contributed by atoms with Crippen LogP contribution >= 0.6 is 11.3 Å². The molecular weight excluding hydrogens is 430 g/mol. The lowest BCUT2D eigenvalue weighted by atomic mass is 10.1. The van der Waals surface area contributed by atoms with E-state index in [1.54, 1.807) is 6.92 Å². The molecule has 2 heterocycles. The highest BCUT2D eigenvalue weighted by molar-refractivity contribution is 7.18. The minimum atomic E-state index is -0.740. The van der Waals surface area contributed by atoms with E-state index in [9.17, 15) is 24.5 Å². The third-order valence-electron chi connectivity index (χ3n) is 3.68. The summed E-state index contributed by atoms with van der Waals surface area (Å²) in [5.41, 5.74) is 0.301. The van der Waals surface area contributed by atoms with Gasteiger partial charge in [-0.3, -0.25) is 4.79 Å². The zero-order chi connectivity index (χ0) is 23.0. The fourth-order valence-corrected chi connectivity index (χ4v) is 3.49. The molecular formula is C19H19N3O8S. The van der Waals surface area contributed by atoms with Crippen LogP contribution in [0, 0.1) is 17.0 Å². The lowest BCUT2D eigenvalue weighted by Crippen LogP contribution is -2.21. The lowest BCUT2D eigenvalue weighted by molar-refractivity contribution is -0.390. The van der Waals surface area contributed by atoms with E-state index in [4.69, 9.17) is 14.2 Å². The molecule has 0 aromatic carbocycles. The average molecular weight is 449 g/mol. The molecule has 0 spiro atoms. The van der Waals surface area contributed by atoms with Crippen molar-refractivity contribution in [2.24, 2.45) is 0 Å². The van der Waals surface area contributed by atoms with Crippen molar-refractivity contribution in [2.45, 2.75) is 13.8 Å². The van der Waals surface area contributed by atoms with Gasteiger partial charge in [-0.05, 0) is 41.5 Å². The molecule has 0 aliphatic rings.